The van der Waals surface area contributed by atoms with E-state index < -0.39 is 5.97 Å². The summed E-state index contributed by atoms with van der Waals surface area (Å²) in [6, 6.07) is 21.7. The van der Waals surface area contributed by atoms with Crippen LogP contribution in [0.3, 0.4) is 0 Å². The molecule has 0 aliphatic carbocycles. The molecule has 4 aromatic rings. The average Bonchev–Trinajstić information content (AvgIpc) is 2.73. The third kappa shape index (κ3) is 4.84. The van der Waals surface area contributed by atoms with Crippen LogP contribution in [0.4, 0.5) is 0 Å². The van der Waals surface area contributed by atoms with Crippen LogP contribution in [0, 0.1) is 0 Å². The lowest BCUT2D eigenvalue weighted by molar-refractivity contribution is -0.136. The minimum Gasteiger partial charge on any atom is -0.504 e. The monoisotopic (exact) mass is 542 g/mol. The van der Waals surface area contributed by atoms with E-state index in [1.807, 2.05) is 42.5 Å². The zero-order chi connectivity index (χ0) is 22.0. The van der Waals surface area contributed by atoms with Crippen molar-refractivity contribution in [1.29, 1.82) is 0 Å². The maximum Gasteiger partial charge on any atom is 0.307 e. The lowest BCUT2D eigenvalue weighted by atomic mass is 10.1. The van der Waals surface area contributed by atoms with Crippen molar-refractivity contribution < 1.29 is 24.5 Å². The number of hydrogen-bond acceptors (Lipinski definition) is 4. The Morgan fingerprint density at radius 2 is 1.55 bits per heavy atom. The van der Waals surface area contributed by atoms with Crippen molar-refractivity contribution in [1.82, 2.24) is 0 Å². The zero-order valence-corrected chi connectivity index (χ0v) is 19.2. The Hall–Kier alpha value is -3.03. The second-order valence-electron chi connectivity index (χ2n) is 6.77. The summed E-state index contributed by atoms with van der Waals surface area (Å²) in [5.74, 6) is 0.863. The van der Waals surface area contributed by atoms with E-state index in [9.17, 15) is 9.90 Å². The van der Waals surface area contributed by atoms with Gasteiger partial charge in [-0.25, -0.2) is 0 Å². The molecule has 0 aliphatic heterocycles. The van der Waals surface area contributed by atoms with Gasteiger partial charge in [0.1, 0.15) is 11.5 Å². The van der Waals surface area contributed by atoms with Gasteiger partial charge in [-0.05, 0) is 73.1 Å². The smallest absolute Gasteiger partial charge is 0.307 e. The molecule has 0 saturated carbocycles. The number of ether oxygens (including phenoxy) is 2. The van der Waals surface area contributed by atoms with Crippen LogP contribution in [0.15, 0.2) is 81.7 Å². The number of rotatable bonds is 6. The van der Waals surface area contributed by atoms with Crippen molar-refractivity contribution in [3.8, 4) is 28.7 Å². The van der Waals surface area contributed by atoms with E-state index in [-0.39, 0.29) is 17.9 Å². The maximum absolute atomic E-state index is 11.0. The van der Waals surface area contributed by atoms with E-state index in [0.717, 1.165) is 10.8 Å². The summed E-state index contributed by atoms with van der Waals surface area (Å²) >= 11 is 6.86. The molecule has 7 heteroatoms. The van der Waals surface area contributed by atoms with Gasteiger partial charge in [0.25, 0.3) is 0 Å². The average molecular weight is 544 g/mol. The number of phenols is 1. The molecule has 4 aromatic carbocycles. The van der Waals surface area contributed by atoms with Crippen LogP contribution in [-0.4, -0.2) is 16.2 Å². The van der Waals surface area contributed by atoms with Gasteiger partial charge in [-0.15, -0.1) is 0 Å². The molecule has 0 atom stereocenters. The van der Waals surface area contributed by atoms with Crippen LogP contribution in [0.5, 0.6) is 28.7 Å². The SMILES string of the molecule is O=C(O)Cc1cc(Br)c(Oc2ccc(O)c(Oc3cccc4ccccc34)c2)c(Br)c1. The summed E-state index contributed by atoms with van der Waals surface area (Å²) < 4.78 is 13.2. The molecule has 0 bridgehead atoms. The third-order valence-electron chi connectivity index (χ3n) is 4.53. The van der Waals surface area contributed by atoms with Gasteiger partial charge in [0.05, 0.1) is 15.4 Å². The second-order valence-corrected chi connectivity index (χ2v) is 8.48. The summed E-state index contributed by atoms with van der Waals surface area (Å²) in [7, 11) is 0. The summed E-state index contributed by atoms with van der Waals surface area (Å²) in [6.45, 7) is 0. The summed E-state index contributed by atoms with van der Waals surface area (Å²) in [5.41, 5.74) is 0.629. The fraction of sp³-hybridized carbons (Fsp3) is 0.0417. The first-order valence-corrected chi connectivity index (χ1v) is 10.9. The predicted octanol–water partition coefficient (Wildman–Crippen LogP) is 7.28. The highest BCUT2D eigenvalue weighted by molar-refractivity contribution is 9.11. The number of carbonyl (C=O) groups is 1. The first kappa shape index (κ1) is 21.2. The number of carboxylic acid groups (broad SMARTS) is 1. The van der Waals surface area contributed by atoms with Crippen molar-refractivity contribution in [2.75, 3.05) is 0 Å². The van der Waals surface area contributed by atoms with Crippen LogP contribution < -0.4 is 9.47 Å². The molecule has 0 fully saturated rings. The van der Waals surface area contributed by atoms with E-state index in [0.29, 0.717) is 31.8 Å². The number of carboxylic acids is 1. The van der Waals surface area contributed by atoms with E-state index in [4.69, 9.17) is 14.6 Å². The molecule has 31 heavy (non-hydrogen) atoms. The number of benzene rings is 4. The highest BCUT2D eigenvalue weighted by Gasteiger charge is 2.14. The van der Waals surface area contributed by atoms with Crippen LogP contribution in [0.25, 0.3) is 10.8 Å². The van der Waals surface area contributed by atoms with Crippen LogP contribution in [0.1, 0.15) is 5.56 Å². The van der Waals surface area contributed by atoms with Gasteiger partial charge in [0, 0.05) is 11.5 Å². The van der Waals surface area contributed by atoms with Gasteiger partial charge in [0.15, 0.2) is 17.2 Å². The Labute approximate surface area is 195 Å². The Bertz CT molecular complexity index is 1260. The topological polar surface area (TPSA) is 76.0 Å². The second kappa shape index (κ2) is 8.99. The van der Waals surface area contributed by atoms with Crippen molar-refractivity contribution >= 4 is 48.6 Å². The number of fused-ring (bicyclic) bond motifs is 1. The van der Waals surface area contributed by atoms with Gasteiger partial charge < -0.3 is 19.7 Å². The minimum atomic E-state index is -0.916. The highest BCUT2D eigenvalue weighted by atomic mass is 79.9. The summed E-state index contributed by atoms with van der Waals surface area (Å²) in [6.07, 6.45) is -0.0975. The van der Waals surface area contributed by atoms with Gasteiger partial charge in [0.2, 0.25) is 0 Å². The van der Waals surface area contributed by atoms with Crippen LogP contribution >= 0.6 is 31.9 Å². The molecule has 0 aliphatic rings. The van der Waals surface area contributed by atoms with Gasteiger partial charge in [-0.2, -0.15) is 0 Å². The number of hydrogen-bond donors (Lipinski definition) is 2. The fourth-order valence-electron chi connectivity index (χ4n) is 3.15. The Balaban J connectivity index is 1.64. The van der Waals surface area contributed by atoms with E-state index in [2.05, 4.69) is 31.9 Å². The van der Waals surface area contributed by atoms with E-state index in [1.54, 1.807) is 24.3 Å². The molecule has 0 heterocycles. The molecule has 0 unspecified atom stereocenters. The zero-order valence-electron chi connectivity index (χ0n) is 16.0. The fourth-order valence-corrected chi connectivity index (χ4v) is 4.59. The molecule has 0 saturated heterocycles. The van der Waals surface area contributed by atoms with Crippen LogP contribution in [-0.2, 0) is 11.2 Å². The normalized spacial score (nSPS) is 10.8. The summed E-state index contributed by atoms with van der Waals surface area (Å²) in [4.78, 5) is 11.0. The lowest BCUT2D eigenvalue weighted by Crippen LogP contribution is -2.00. The van der Waals surface area contributed by atoms with Crippen molar-refractivity contribution in [2.24, 2.45) is 0 Å². The highest BCUT2D eigenvalue weighted by Crippen LogP contribution is 2.41. The number of aliphatic carboxylic acids is 1. The molecule has 156 valence electrons. The minimum absolute atomic E-state index is 0.0183. The molecule has 4 rings (SSSR count). The van der Waals surface area contributed by atoms with Gasteiger partial charge in [-0.1, -0.05) is 36.4 Å². The first-order valence-electron chi connectivity index (χ1n) is 9.27. The molecule has 0 amide bonds. The Morgan fingerprint density at radius 1 is 0.839 bits per heavy atom. The van der Waals surface area contributed by atoms with E-state index in [1.165, 1.54) is 6.07 Å². The lowest BCUT2D eigenvalue weighted by Gasteiger charge is -2.14. The molecule has 0 radical (unpaired) electrons. The Kier molecular flexibility index (Phi) is 6.15. The standard InChI is InChI=1S/C24H16Br2O5/c25-18-10-14(12-23(28)29)11-19(26)24(18)30-16-8-9-20(27)22(13-16)31-21-7-3-5-15-4-1-2-6-17(15)21/h1-11,13,27H,12H2,(H,28,29). The number of phenolic OH excluding ortho intramolecular Hbond substituents is 1. The molecule has 2 N–H and O–H groups in total. The van der Waals surface area contributed by atoms with E-state index >= 15 is 0 Å². The number of halogens is 2. The van der Waals surface area contributed by atoms with Gasteiger partial charge in [-0.3, -0.25) is 4.79 Å². The van der Waals surface area contributed by atoms with Crippen LogP contribution in [0.2, 0.25) is 0 Å². The maximum atomic E-state index is 11.0. The quantitative estimate of drug-likeness (QED) is 0.267. The largest absolute Gasteiger partial charge is 0.504 e. The summed E-state index contributed by atoms with van der Waals surface area (Å²) in [5, 5.41) is 21.3. The predicted molar refractivity (Wildman–Crippen MR) is 125 cm³/mol. The third-order valence-corrected chi connectivity index (χ3v) is 5.71. The molecule has 0 spiro atoms. The Morgan fingerprint density at radius 3 is 2.29 bits per heavy atom. The number of aromatic hydroxyl groups is 1. The van der Waals surface area contributed by atoms with Gasteiger partial charge >= 0.3 is 5.97 Å². The molecular weight excluding hydrogens is 528 g/mol. The molecule has 5 nitrogen and oxygen atoms in total. The van der Waals surface area contributed by atoms with Crippen molar-refractivity contribution in [3.63, 3.8) is 0 Å². The van der Waals surface area contributed by atoms with Crippen molar-refractivity contribution in [3.05, 3.63) is 87.3 Å². The molecule has 0 aromatic heterocycles. The molecular formula is C24H16Br2O5. The van der Waals surface area contributed by atoms with Crippen molar-refractivity contribution in [2.45, 2.75) is 6.42 Å². The first-order chi connectivity index (χ1) is 14.9.